The average Bonchev–Trinajstić information content (AvgIpc) is 3.17. The standard InChI is InChI=1S/C30H32F3N2O2/c1-28(2)22-18-20(30(31,32)33)16-17-24(22)34(4)25(28)14-8-7-9-15-26-29(3,19-27(36)37-6)21-12-10-11-13-23(21)35(26)5/h7-18H,19H2,1-6H3/q+1. The fraction of sp³-hybridized carbons (Fsp3) is 0.333. The molecule has 4 nitrogen and oxygen atoms in total. The minimum absolute atomic E-state index is 0.218. The molecule has 4 rings (SSSR count). The van der Waals surface area contributed by atoms with Crippen molar-refractivity contribution in [1.82, 2.24) is 0 Å². The summed E-state index contributed by atoms with van der Waals surface area (Å²) >= 11 is 0. The topological polar surface area (TPSA) is 32.6 Å². The second-order valence-electron chi connectivity index (χ2n) is 10.3. The van der Waals surface area contributed by atoms with Crippen molar-refractivity contribution in [1.29, 1.82) is 0 Å². The number of ether oxygens (including phenoxy) is 1. The Morgan fingerprint density at radius 3 is 2.43 bits per heavy atom. The van der Waals surface area contributed by atoms with Gasteiger partial charge in [0.1, 0.15) is 7.05 Å². The lowest BCUT2D eigenvalue weighted by Crippen LogP contribution is -2.29. The third-order valence-corrected chi connectivity index (χ3v) is 7.60. The van der Waals surface area contributed by atoms with Crippen molar-refractivity contribution in [3.05, 3.63) is 95.2 Å². The lowest BCUT2D eigenvalue weighted by molar-refractivity contribution is -0.401. The number of nitrogens with zero attached hydrogens (tertiary/aromatic N) is 2. The minimum Gasteiger partial charge on any atom is -0.469 e. The van der Waals surface area contributed by atoms with E-state index < -0.39 is 22.6 Å². The number of carbonyl (C=O) groups excluding carboxylic acids is 1. The number of anilines is 1. The van der Waals surface area contributed by atoms with Crippen LogP contribution in [0.1, 0.15) is 43.9 Å². The molecule has 37 heavy (non-hydrogen) atoms. The monoisotopic (exact) mass is 509 g/mol. The number of alkyl halides is 3. The van der Waals surface area contributed by atoms with Crippen molar-refractivity contribution < 1.29 is 27.3 Å². The Morgan fingerprint density at radius 1 is 1.05 bits per heavy atom. The number of esters is 1. The quantitative estimate of drug-likeness (QED) is 0.256. The SMILES string of the molecule is COC(=O)CC1(C)\C(=C/C=C/C=C/C2=[N+](C)c3ccc(C(F)(F)F)cc3C2(C)C)N(C)c2ccccc21. The van der Waals surface area contributed by atoms with Gasteiger partial charge in [0.05, 0.1) is 24.5 Å². The van der Waals surface area contributed by atoms with Crippen LogP contribution in [0.3, 0.4) is 0 Å². The summed E-state index contributed by atoms with van der Waals surface area (Å²) in [6.45, 7) is 5.91. The van der Waals surface area contributed by atoms with E-state index in [1.165, 1.54) is 19.2 Å². The Bertz CT molecular complexity index is 1370. The maximum Gasteiger partial charge on any atom is 0.416 e. The summed E-state index contributed by atoms with van der Waals surface area (Å²) in [5.41, 5.74) is 3.66. The van der Waals surface area contributed by atoms with Crippen LogP contribution in [0.2, 0.25) is 0 Å². The van der Waals surface area contributed by atoms with E-state index in [2.05, 4.69) is 4.90 Å². The second-order valence-corrected chi connectivity index (χ2v) is 10.3. The van der Waals surface area contributed by atoms with Gasteiger partial charge in [0.15, 0.2) is 5.71 Å². The van der Waals surface area contributed by atoms with E-state index in [-0.39, 0.29) is 12.4 Å². The van der Waals surface area contributed by atoms with Gasteiger partial charge in [0, 0.05) is 41.6 Å². The number of hydrogen-bond donors (Lipinski definition) is 0. The number of benzene rings is 2. The molecule has 0 bridgehead atoms. The fourth-order valence-electron chi connectivity index (χ4n) is 5.58. The van der Waals surface area contributed by atoms with Gasteiger partial charge in [0.25, 0.3) is 0 Å². The number of rotatable bonds is 5. The third kappa shape index (κ3) is 4.52. The zero-order valence-corrected chi connectivity index (χ0v) is 22.0. The number of hydrogen-bond acceptors (Lipinski definition) is 3. The molecule has 0 spiro atoms. The van der Waals surface area contributed by atoms with E-state index in [0.717, 1.165) is 34.4 Å². The van der Waals surface area contributed by atoms with Crippen LogP contribution in [0.25, 0.3) is 0 Å². The van der Waals surface area contributed by atoms with Gasteiger partial charge in [-0.15, -0.1) is 0 Å². The van der Waals surface area contributed by atoms with E-state index in [0.29, 0.717) is 5.56 Å². The molecule has 0 N–H and O–H groups in total. The van der Waals surface area contributed by atoms with Crippen LogP contribution in [-0.4, -0.2) is 37.5 Å². The lowest BCUT2D eigenvalue weighted by atomic mass is 9.78. The molecule has 194 valence electrons. The highest BCUT2D eigenvalue weighted by Gasteiger charge is 2.45. The van der Waals surface area contributed by atoms with Crippen LogP contribution in [0, 0.1) is 0 Å². The van der Waals surface area contributed by atoms with E-state index >= 15 is 0 Å². The maximum atomic E-state index is 13.3. The first-order chi connectivity index (χ1) is 17.3. The molecular formula is C30H32F3N2O2+. The summed E-state index contributed by atoms with van der Waals surface area (Å²) in [5, 5.41) is 0. The molecule has 1 atom stereocenters. The molecule has 1 unspecified atom stereocenters. The summed E-state index contributed by atoms with van der Waals surface area (Å²) in [6.07, 6.45) is 5.46. The van der Waals surface area contributed by atoms with Crippen LogP contribution >= 0.6 is 0 Å². The third-order valence-electron chi connectivity index (χ3n) is 7.60. The zero-order valence-electron chi connectivity index (χ0n) is 22.0. The summed E-state index contributed by atoms with van der Waals surface area (Å²) in [5.74, 6) is -0.279. The Balaban J connectivity index is 1.61. The van der Waals surface area contributed by atoms with Crippen molar-refractivity contribution in [2.24, 2.45) is 0 Å². The van der Waals surface area contributed by atoms with Crippen LogP contribution in [0.5, 0.6) is 0 Å². The molecule has 0 aliphatic carbocycles. The molecule has 2 aromatic carbocycles. The Morgan fingerprint density at radius 2 is 1.76 bits per heavy atom. The minimum atomic E-state index is -4.38. The largest absolute Gasteiger partial charge is 0.469 e. The molecule has 0 fully saturated rings. The van der Waals surface area contributed by atoms with Crippen LogP contribution in [0.15, 0.2) is 78.5 Å². The average molecular weight is 510 g/mol. The lowest BCUT2D eigenvalue weighted by Gasteiger charge is -2.27. The van der Waals surface area contributed by atoms with E-state index in [1.54, 1.807) is 0 Å². The predicted octanol–water partition coefficient (Wildman–Crippen LogP) is 6.68. The molecule has 0 radical (unpaired) electrons. The van der Waals surface area contributed by atoms with Crippen molar-refractivity contribution in [3.63, 3.8) is 0 Å². The molecule has 2 heterocycles. The maximum absolute atomic E-state index is 13.3. The van der Waals surface area contributed by atoms with Crippen LogP contribution in [0.4, 0.5) is 24.5 Å². The second kappa shape index (κ2) is 9.36. The van der Waals surface area contributed by atoms with Crippen molar-refractivity contribution in [2.75, 3.05) is 26.1 Å². The smallest absolute Gasteiger partial charge is 0.416 e. The van der Waals surface area contributed by atoms with Crippen molar-refractivity contribution in [2.45, 2.75) is 44.2 Å². The first-order valence-corrected chi connectivity index (χ1v) is 12.1. The summed E-state index contributed by atoms with van der Waals surface area (Å²) in [7, 11) is 5.25. The number of para-hydroxylation sites is 1. The van der Waals surface area contributed by atoms with E-state index in [9.17, 15) is 18.0 Å². The molecule has 0 amide bonds. The molecule has 0 aromatic heterocycles. The molecule has 0 saturated heterocycles. The van der Waals surface area contributed by atoms with E-state index in [4.69, 9.17) is 4.74 Å². The number of allylic oxidation sites excluding steroid dienone is 6. The summed E-state index contributed by atoms with van der Waals surface area (Å²) in [6, 6.07) is 11.9. The number of carbonyl (C=O) groups is 1. The summed E-state index contributed by atoms with van der Waals surface area (Å²) < 4.78 is 46.8. The van der Waals surface area contributed by atoms with Gasteiger partial charge in [-0.2, -0.15) is 17.7 Å². The van der Waals surface area contributed by atoms with E-state index in [1.807, 2.05) is 94.1 Å². The molecule has 0 saturated carbocycles. The van der Waals surface area contributed by atoms with Gasteiger partial charge in [-0.05, 0) is 50.6 Å². The van der Waals surface area contributed by atoms with Crippen LogP contribution in [-0.2, 0) is 26.5 Å². The van der Waals surface area contributed by atoms with Gasteiger partial charge in [0.2, 0.25) is 5.69 Å². The van der Waals surface area contributed by atoms with Gasteiger partial charge >= 0.3 is 12.1 Å². The van der Waals surface area contributed by atoms with Gasteiger partial charge in [-0.25, -0.2) is 0 Å². The van der Waals surface area contributed by atoms with Gasteiger partial charge in [-0.1, -0.05) is 36.4 Å². The molecular weight excluding hydrogens is 477 g/mol. The first-order valence-electron chi connectivity index (χ1n) is 12.1. The highest BCUT2D eigenvalue weighted by Crippen LogP contribution is 2.49. The number of fused-ring (bicyclic) bond motifs is 2. The summed E-state index contributed by atoms with van der Waals surface area (Å²) in [4.78, 5) is 14.3. The Hall–Kier alpha value is -3.61. The zero-order chi connectivity index (χ0) is 27.2. The van der Waals surface area contributed by atoms with Crippen LogP contribution < -0.4 is 4.90 Å². The Kier molecular flexibility index (Phi) is 6.69. The predicted molar refractivity (Wildman–Crippen MR) is 141 cm³/mol. The van der Waals surface area contributed by atoms with Gasteiger partial charge in [-0.3, -0.25) is 4.79 Å². The number of likely N-dealkylation sites (N-methyl/N-ethyl adjacent to an activating group) is 1. The molecule has 2 aliphatic heterocycles. The highest BCUT2D eigenvalue weighted by atomic mass is 19.4. The van der Waals surface area contributed by atoms with Crippen molar-refractivity contribution >= 4 is 23.1 Å². The molecule has 7 heteroatoms. The fourth-order valence-corrected chi connectivity index (χ4v) is 5.58. The highest BCUT2D eigenvalue weighted by molar-refractivity contribution is 6.03. The number of methoxy groups -OCH3 is 1. The van der Waals surface area contributed by atoms with Crippen molar-refractivity contribution in [3.8, 4) is 0 Å². The molecule has 2 aromatic rings. The molecule has 2 aliphatic rings. The number of halogens is 3. The normalized spacial score (nSPS) is 21.9. The first kappa shape index (κ1) is 26.5. The Labute approximate surface area is 216 Å². The van der Waals surface area contributed by atoms with Gasteiger partial charge < -0.3 is 9.64 Å².